The van der Waals surface area contributed by atoms with Crippen LogP contribution in [0.1, 0.15) is 17.3 Å². The Hall–Kier alpha value is -2.54. The summed E-state index contributed by atoms with van der Waals surface area (Å²) in [5, 5.41) is 11.7. The largest absolute Gasteiger partial charge is 0.293 e. The molecule has 0 spiro atoms. The van der Waals surface area contributed by atoms with Crippen molar-refractivity contribution in [2.75, 3.05) is 0 Å². The lowest BCUT2D eigenvalue weighted by Crippen LogP contribution is -2.14. The van der Waals surface area contributed by atoms with Crippen LogP contribution < -0.4 is 0 Å². The van der Waals surface area contributed by atoms with E-state index in [2.05, 4.69) is 15.5 Å². The summed E-state index contributed by atoms with van der Waals surface area (Å²) in [5.41, 5.74) is 1.28. The molecular weight excluding hydrogens is 315 g/mol. The van der Waals surface area contributed by atoms with Crippen molar-refractivity contribution in [1.29, 1.82) is 0 Å². The molecule has 1 heterocycles. The summed E-state index contributed by atoms with van der Waals surface area (Å²) >= 11 is 1.26. The predicted molar refractivity (Wildman–Crippen MR) is 85.2 cm³/mol. The number of thioether (sulfide) groups is 1. The van der Waals surface area contributed by atoms with Gasteiger partial charge in [-0.1, -0.05) is 30.0 Å². The molecule has 0 unspecified atom stereocenters. The summed E-state index contributed by atoms with van der Waals surface area (Å²) in [4.78, 5) is 12.4. The number of rotatable bonds is 5. The van der Waals surface area contributed by atoms with Crippen molar-refractivity contribution >= 4 is 17.5 Å². The molecule has 2 aromatic carbocycles. The summed E-state index contributed by atoms with van der Waals surface area (Å²) in [6.07, 6.45) is 0. The minimum atomic E-state index is -0.395. The first-order valence-electron chi connectivity index (χ1n) is 6.95. The second kappa shape index (κ2) is 6.70. The standard InChI is InChI=1S/C16H13FN4OS/c1-11(15(22)12-7-9-13(17)10-8-12)23-16-18-19-20-21(16)14-5-3-2-4-6-14/h2-11H,1H3/t11-/m1/s1. The Kier molecular flexibility index (Phi) is 4.47. The summed E-state index contributed by atoms with van der Waals surface area (Å²) in [7, 11) is 0. The van der Waals surface area contributed by atoms with Crippen molar-refractivity contribution in [2.24, 2.45) is 0 Å². The van der Waals surface area contributed by atoms with Crippen LogP contribution in [0, 0.1) is 5.82 Å². The van der Waals surface area contributed by atoms with Gasteiger partial charge >= 0.3 is 0 Å². The Morgan fingerprint density at radius 2 is 1.83 bits per heavy atom. The molecule has 0 fully saturated rings. The number of Topliss-reactive ketones (excluding diaryl/α,β-unsaturated/α-hetero) is 1. The zero-order valence-electron chi connectivity index (χ0n) is 12.3. The number of nitrogens with zero attached hydrogens (tertiary/aromatic N) is 4. The summed E-state index contributed by atoms with van der Waals surface area (Å²) < 4.78 is 14.5. The minimum absolute atomic E-state index is 0.0994. The molecule has 23 heavy (non-hydrogen) atoms. The number of hydrogen-bond acceptors (Lipinski definition) is 5. The molecule has 0 aliphatic carbocycles. The first-order valence-corrected chi connectivity index (χ1v) is 7.83. The van der Waals surface area contributed by atoms with Crippen LogP contribution in [0.25, 0.3) is 5.69 Å². The number of hydrogen-bond donors (Lipinski definition) is 0. The molecule has 0 bridgehead atoms. The number of ketones is 1. The number of benzene rings is 2. The highest BCUT2D eigenvalue weighted by Gasteiger charge is 2.20. The smallest absolute Gasteiger partial charge is 0.214 e. The SMILES string of the molecule is C[C@@H](Sc1nnnn1-c1ccccc1)C(=O)c1ccc(F)cc1. The van der Waals surface area contributed by atoms with E-state index in [1.54, 1.807) is 11.6 Å². The van der Waals surface area contributed by atoms with Crippen LogP contribution in [-0.2, 0) is 0 Å². The van der Waals surface area contributed by atoms with Gasteiger partial charge in [-0.15, -0.1) is 5.10 Å². The Morgan fingerprint density at radius 3 is 2.52 bits per heavy atom. The number of carbonyl (C=O) groups excluding carboxylic acids is 1. The van der Waals surface area contributed by atoms with Crippen LogP contribution in [0.2, 0.25) is 0 Å². The molecule has 0 amide bonds. The van der Waals surface area contributed by atoms with Gasteiger partial charge in [-0.2, -0.15) is 4.68 Å². The van der Waals surface area contributed by atoms with E-state index in [4.69, 9.17) is 0 Å². The van der Waals surface area contributed by atoms with Gasteiger partial charge in [0.2, 0.25) is 5.16 Å². The second-order valence-corrected chi connectivity index (χ2v) is 6.15. The molecule has 0 N–H and O–H groups in total. The molecule has 5 nitrogen and oxygen atoms in total. The highest BCUT2D eigenvalue weighted by atomic mass is 32.2. The second-order valence-electron chi connectivity index (χ2n) is 4.84. The highest BCUT2D eigenvalue weighted by molar-refractivity contribution is 8.00. The maximum atomic E-state index is 13.0. The maximum absolute atomic E-state index is 13.0. The van der Waals surface area contributed by atoms with Gasteiger partial charge in [-0.3, -0.25) is 4.79 Å². The van der Waals surface area contributed by atoms with Gasteiger partial charge in [0, 0.05) is 5.56 Å². The molecule has 0 saturated heterocycles. The van der Waals surface area contributed by atoms with Crippen LogP contribution in [0.15, 0.2) is 59.8 Å². The zero-order valence-corrected chi connectivity index (χ0v) is 13.1. The lowest BCUT2D eigenvalue weighted by Gasteiger charge is -2.10. The van der Waals surface area contributed by atoms with Crippen molar-refractivity contribution in [2.45, 2.75) is 17.3 Å². The van der Waals surface area contributed by atoms with E-state index < -0.39 is 5.25 Å². The van der Waals surface area contributed by atoms with E-state index in [-0.39, 0.29) is 11.6 Å². The molecule has 3 rings (SSSR count). The number of tetrazole rings is 1. The van der Waals surface area contributed by atoms with Crippen LogP contribution >= 0.6 is 11.8 Å². The van der Waals surface area contributed by atoms with Gasteiger partial charge in [0.05, 0.1) is 10.9 Å². The van der Waals surface area contributed by atoms with Crippen LogP contribution in [0.3, 0.4) is 0 Å². The van der Waals surface area contributed by atoms with Crippen molar-refractivity contribution in [1.82, 2.24) is 20.2 Å². The molecule has 0 saturated carbocycles. The van der Waals surface area contributed by atoms with Crippen molar-refractivity contribution < 1.29 is 9.18 Å². The third-order valence-electron chi connectivity index (χ3n) is 3.22. The number of aromatic nitrogens is 4. The van der Waals surface area contributed by atoms with Crippen molar-refractivity contribution in [3.63, 3.8) is 0 Å². The van der Waals surface area contributed by atoms with Crippen LogP contribution in [-0.4, -0.2) is 31.2 Å². The first-order chi connectivity index (χ1) is 11.1. The molecule has 3 aromatic rings. The number of halogens is 1. The van der Waals surface area contributed by atoms with Crippen molar-refractivity contribution in [3.05, 3.63) is 66.0 Å². The summed E-state index contributed by atoms with van der Waals surface area (Å²) in [6, 6.07) is 15.0. The zero-order chi connectivity index (χ0) is 16.2. The monoisotopic (exact) mass is 328 g/mol. The molecule has 1 atom stereocenters. The lowest BCUT2D eigenvalue weighted by atomic mass is 10.1. The molecule has 0 aliphatic rings. The van der Waals surface area contributed by atoms with Gasteiger partial charge in [0.1, 0.15) is 5.82 Å². The van der Waals surface area contributed by atoms with Crippen LogP contribution in [0.4, 0.5) is 4.39 Å². The quantitative estimate of drug-likeness (QED) is 0.532. The molecular formula is C16H13FN4OS. The molecule has 116 valence electrons. The predicted octanol–water partition coefficient (Wildman–Crippen LogP) is 3.16. The molecule has 7 heteroatoms. The van der Waals surface area contributed by atoms with E-state index in [1.807, 2.05) is 30.3 Å². The fraction of sp³-hybridized carbons (Fsp3) is 0.125. The average Bonchev–Trinajstić information content (AvgIpc) is 3.04. The molecule has 1 aromatic heterocycles. The molecule has 0 aliphatic heterocycles. The van der Waals surface area contributed by atoms with E-state index in [9.17, 15) is 9.18 Å². The average molecular weight is 328 g/mol. The topological polar surface area (TPSA) is 60.7 Å². The van der Waals surface area contributed by atoms with Gasteiger partial charge in [-0.25, -0.2) is 4.39 Å². The highest BCUT2D eigenvalue weighted by Crippen LogP contribution is 2.25. The first kappa shape index (κ1) is 15.4. The lowest BCUT2D eigenvalue weighted by molar-refractivity contribution is 0.0994. The number of para-hydroxylation sites is 1. The Labute approximate surface area is 136 Å². The number of carbonyl (C=O) groups is 1. The fourth-order valence-corrected chi connectivity index (χ4v) is 2.93. The van der Waals surface area contributed by atoms with E-state index in [0.717, 1.165) is 5.69 Å². The van der Waals surface area contributed by atoms with E-state index in [0.29, 0.717) is 10.7 Å². The Bertz CT molecular complexity index is 804. The fourth-order valence-electron chi connectivity index (χ4n) is 2.04. The van der Waals surface area contributed by atoms with E-state index >= 15 is 0 Å². The van der Waals surface area contributed by atoms with Crippen LogP contribution in [0.5, 0.6) is 0 Å². The normalized spacial score (nSPS) is 12.1. The Balaban J connectivity index is 1.79. The third-order valence-corrected chi connectivity index (χ3v) is 4.25. The van der Waals surface area contributed by atoms with Gasteiger partial charge in [0.25, 0.3) is 0 Å². The van der Waals surface area contributed by atoms with Crippen molar-refractivity contribution in [3.8, 4) is 5.69 Å². The van der Waals surface area contributed by atoms with Gasteiger partial charge < -0.3 is 0 Å². The van der Waals surface area contributed by atoms with Gasteiger partial charge in [0.15, 0.2) is 5.78 Å². The van der Waals surface area contributed by atoms with Gasteiger partial charge in [-0.05, 0) is 53.7 Å². The Morgan fingerprint density at radius 1 is 1.13 bits per heavy atom. The molecule has 0 radical (unpaired) electrons. The summed E-state index contributed by atoms with van der Waals surface area (Å²) in [5.74, 6) is -0.465. The minimum Gasteiger partial charge on any atom is -0.293 e. The van der Waals surface area contributed by atoms with E-state index in [1.165, 1.54) is 36.0 Å². The third kappa shape index (κ3) is 3.45. The maximum Gasteiger partial charge on any atom is 0.214 e. The summed E-state index contributed by atoms with van der Waals surface area (Å²) in [6.45, 7) is 1.78.